The first-order valence-electron chi connectivity index (χ1n) is 8.94. The molecule has 2 heterocycles. The van der Waals surface area contributed by atoms with Gasteiger partial charge in [0.2, 0.25) is 0 Å². The molecule has 0 bridgehead atoms. The van der Waals surface area contributed by atoms with Gasteiger partial charge in [0.1, 0.15) is 12.4 Å². The molecule has 0 unspecified atom stereocenters. The van der Waals surface area contributed by atoms with E-state index in [0.29, 0.717) is 30.3 Å². The molecule has 1 aliphatic heterocycles. The van der Waals surface area contributed by atoms with E-state index < -0.39 is 18.0 Å². The number of rotatable bonds is 5. The first kappa shape index (κ1) is 19.6. The highest BCUT2D eigenvalue weighted by Crippen LogP contribution is 2.31. The molecule has 2 aromatic carbocycles. The fourth-order valence-electron chi connectivity index (χ4n) is 2.96. The number of halogens is 3. The normalized spacial score (nSPS) is 15.5. The van der Waals surface area contributed by atoms with Gasteiger partial charge in [-0.1, -0.05) is 24.3 Å². The van der Waals surface area contributed by atoms with Gasteiger partial charge in [0.25, 0.3) is 5.91 Å². The second-order valence-electron chi connectivity index (χ2n) is 6.45. The van der Waals surface area contributed by atoms with Crippen LogP contribution in [0.25, 0.3) is 0 Å². The van der Waals surface area contributed by atoms with E-state index in [4.69, 9.17) is 9.47 Å². The van der Waals surface area contributed by atoms with Crippen molar-refractivity contribution < 1.29 is 32.2 Å². The van der Waals surface area contributed by atoms with E-state index in [9.17, 15) is 18.0 Å². The maximum absolute atomic E-state index is 12.5. The number of fused-ring (bicyclic) bond motifs is 1. The molecule has 0 spiro atoms. The van der Waals surface area contributed by atoms with Gasteiger partial charge in [-0.3, -0.25) is 9.48 Å². The summed E-state index contributed by atoms with van der Waals surface area (Å²) in [5.41, 5.74) is 0.0714. The van der Waals surface area contributed by atoms with E-state index in [1.54, 1.807) is 16.9 Å². The maximum Gasteiger partial charge on any atom is 0.573 e. The number of carbonyl (C=O) groups excluding carboxylic acids is 1. The third-order valence-corrected chi connectivity index (χ3v) is 4.21. The minimum absolute atomic E-state index is 0.247. The summed E-state index contributed by atoms with van der Waals surface area (Å²) in [6.45, 7) is 0.693. The molecule has 156 valence electrons. The van der Waals surface area contributed by atoms with Crippen LogP contribution in [0.2, 0.25) is 0 Å². The quantitative estimate of drug-likeness (QED) is 0.680. The van der Waals surface area contributed by atoms with E-state index in [2.05, 4.69) is 15.2 Å². The third-order valence-electron chi connectivity index (χ3n) is 4.21. The molecular weight excluding hydrogens is 403 g/mol. The second kappa shape index (κ2) is 7.97. The van der Waals surface area contributed by atoms with Gasteiger partial charge in [-0.2, -0.15) is 5.10 Å². The molecule has 10 heteroatoms. The van der Waals surface area contributed by atoms with Crippen molar-refractivity contribution in [1.82, 2.24) is 9.78 Å². The third kappa shape index (κ3) is 4.65. The summed E-state index contributed by atoms with van der Waals surface area (Å²) in [5, 5.41) is 6.67. The topological polar surface area (TPSA) is 74.6 Å². The molecular formula is C20H16F3N3O4. The van der Waals surface area contributed by atoms with Crippen LogP contribution < -0.4 is 19.5 Å². The van der Waals surface area contributed by atoms with Gasteiger partial charge in [0.15, 0.2) is 17.6 Å². The number of nitrogens with zero attached hydrogens (tertiary/aromatic N) is 2. The first-order valence-corrected chi connectivity index (χ1v) is 8.94. The van der Waals surface area contributed by atoms with Crippen LogP contribution in [0.4, 0.5) is 18.9 Å². The molecule has 4 rings (SSSR count). The Bertz CT molecular complexity index is 1050. The zero-order chi connectivity index (χ0) is 21.1. The molecule has 1 N–H and O–H groups in total. The van der Waals surface area contributed by atoms with E-state index in [-0.39, 0.29) is 11.7 Å². The number of benzene rings is 2. The summed E-state index contributed by atoms with van der Waals surface area (Å²) >= 11 is 0. The molecule has 0 fully saturated rings. The Kier molecular flexibility index (Phi) is 5.21. The Morgan fingerprint density at radius 2 is 1.90 bits per heavy atom. The minimum atomic E-state index is -4.90. The molecule has 1 amide bonds. The van der Waals surface area contributed by atoms with Crippen molar-refractivity contribution in [3.8, 4) is 17.2 Å². The molecule has 0 radical (unpaired) electrons. The predicted molar refractivity (Wildman–Crippen MR) is 99.7 cm³/mol. The van der Waals surface area contributed by atoms with Crippen molar-refractivity contribution in [2.45, 2.75) is 19.0 Å². The molecule has 1 aliphatic rings. The van der Waals surface area contributed by atoms with Gasteiger partial charge in [-0.25, -0.2) is 0 Å². The van der Waals surface area contributed by atoms with Gasteiger partial charge in [-0.05, 0) is 24.3 Å². The maximum atomic E-state index is 12.5. The largest absolute Gasteiger partial charge is 0.573 e. The molecule has 7 nitrogen and oxygen atoms in total. The second-order valence-corrected chi connectivity index (χ2v) is 6.45. The number of anilines is 1. The molecule has 30 heavy (non-hydrogen) atoms. The van der Waals surface area contributed by atoms with E-state index in [1.807, 2.05) is 18.2 Å². The smallest absolute Gasteiger partial charge is 0.486 e. The Hall–Kier alpha value is -3.69. The fourth-order valence-corrected chi connectivity index (χ4v) is 2.96. The average Bonchev–Trinajstić information content (AvgIpc) is 3.13. The van der Waals surface area contributed by atoms with Crippen molar-refractivity contribution in [2.75, 3.05) is 11.9 Å². The molecule has 0 saturated heterocycles. The highest BCUT2D eigenvalue weighted by Gasteiger charge is 2.33. The molecule has 1 aromatic heterocycles. The number of amides is 1. The molecule has 1 atom stereocenters. The molecule has 0 saturated carbocycles. The van der Waals surface area contributed by atoms with Crippen LogP contribution in [0.1, 0.15) is 10.4 Å². The number of hydrogen-bond acceptors (Lipinski definition) is 5. The highest BCUT2D eigenvalue weighted by atomic mass is 19.4. The molecule has 0 aliphatic carbocycles. The average molecular weight is 419 g/mol. The summed E-state index contributed by atoms with van der Waals surface area (Å²) in [4.78, 5) is 12.4. The number of alkyl halides is 3. The Balaban J connectivity index is 1.40. The lowest BCUT2D eigenvalue weighted by atomic mass is 10.2. The lowest BCUT2D eigenvalue weighted by molar-refractivity contribution is -0.274. The number of aromatic nitrogens is 2. The summed E-state index contributed by atoms with van der Waals surface area (Å²) in [5.74, 6) is -0.0282. The van der Waals surface area contributed by atoms with Crippen LogP contribution in [0.3, 0.4) is 0 Å². The van der Waals surface area contributed by atoms with Crippen molar-refractivity contribution in [1.29, 1.82) is 0 Å². The van der Waals surface area contributed by atoms with Gasteiger partial charge in [0, 0.05) is 6.20 Å². The predicted octanol–water partition coefficient (Wildman–Crippen LogP) is 3.87. The monoisotopic (exact) mass is 419 g/mol. The zero-order valence-electron chi connectivity index (χ0n) is 15.4. The van der Waals surface area contributed by atoms with E-state index in [0.717, 1.165) is 6.07 Å². The van der Waals surface area contributed by atoms with Crippen LogP contribution >= 0.6 is 0 Å². The van der Waals surface area contributed by atoms with Crippen LogP contribution in [0.15, 0.2) is 60.9 Å². The number of ether oxygens (including phenoxy) is 3. The van der Waals surface area contributed by atoms with Gasteiger partial charge < -0.3 is 19.5 Å². The van der Waals surface area contributed by atoms with Crippen LogP contribution in [0.5, 0.6) is 17.2 Å². The summed E-state index contributed by atoms with van der Waals surface area (Å²) in [6, 6.07) is 12.4. The first-order chi connectivity index (χ1) is 14.4. The Labute approximate surface area is 169 Å². The Morgan fingerprint density at radius 1 is 1.17 bits per heavy atom. The molecule has 3 aromatic rings. The van der Waals surface area contributed by atoms with E-state index >= 15 is 0 Å². The van der Waals surface area contributed by atoms with Gasteiger partial charge in [-0.15, -0.1) is 13.2 Å². The summed E-state index contributed by atoms with van der Waals surface area (Å²) in [7, 11) is 0. The van der Waals surface area contributed by atoms with E-state index in [1.165, 1.54) is 24.4 Å². The highest BCUT2D eigenvalue weighted by molar-refractivity contribution is 6.06. The number of hydrogen-bond donors (Lipinski definition) is 1. The van der Waals surface area contributed by atoms with Crippen LogP contribution in [-0.4, -0.2) is 34.8 Å². The lowest BCUT2D eigenvalue weighted by Crippen LogP contribution is -2.33. The van der Waals surface area contributed by atoms with Gasteiger partial charge in [0.05, 0.1) is 24.0 Å². The van der Waals surface area contributed by atoms with Gasteiger partial charge >= 0.3 is 6.36 Å². The fraction of sp³-hybridized carbons (Fsp3) is 0.200. The zero-order valence-corrected chi connectivity index (χ0v) is 15.4. The SMILES string of the molecule is O=C(Nc1cnn(C[C@@H]2COc3ccccc3O2)c1)c1ccccc1OC(F)(F)F. The number of nitrogens with one attached hydrogen (secondary N) is 1. The van der Waals surface area contributed by atoms with Crippen molar-refractivity contribution in [3.63, 3.8) is 0 Å². The van der Waals surface area contributed by atoms with Crippen molar-refractivity contribution in [3.05, 3.63) is 66.5 Å². The standard InChI is InChI=1S/C20H16F3N3O4/c21-20(22,23)30-16-6-2-1-5-15(16)19(27)25-13-9-24-26(10-13)11-14-12-28-17-7-3-4-8-18(17)29-14/h1-10,14H,11-12H2,(H,25,27)/t14-/m1/s1. The number of carbonyl (C=O) groups is 1. The summed E-state index contributed by atoms with van der Waals surface area (Å²) < 4.78 is 54.6. The Morgan fingerprint density at radius 3 is 2.70 bits per heavy atom. The van der Waals surface area contributed by atoms with Crippen molar-refractivity contribution in [2.24, 2.45) is 0 Å². The van der Waals surface area contributed by atoms with Crippen LogP contribution in [-0.2, 0) is 6.54 Å². The minimum Gasteiger partial charge on any atom is -0.486 e. The summed E-state index contributed by atoms with van der Waals surface area (Å²) in [6.07, 6.45) is -2.25. The lowest BCUT2D eigenvalue weighted by Gasteiger charge is -2.26. The van der Waals surface area contributed by atoms with Crippen LogP contribution in [0, 0.1) is 0 Å². The number of para-hydroxylation sites is 3. The van der Waals surface area contributed by atoms with Crippen molar-refractivity contribution >= 4 is 11.6 Å².